The number of imide groups is 1. The summed E-state index contributed by atoms with van der Waals surface area (Å²) in [5.41, 5.74) is 4.57. The van der Waals surface area contributed by atoms with Gasteiger partial charge in [0.1, 0.15) is 0 Å². The molecule has 2 amide bonds. The molecule has 0 aromatic carbocycles. The molecule has 7 heteroatoms. The fourth-order valence-electron chi connectivity index (χ4n) is 0.508. The summed E-state index contributed by atoms with van der Waals surface area (Å²) in [5, 5.41) is 9.74. The van der Waals surface area contributed by atoms with E-state index in [-0.39, 0.29) is 24.5 Å². The molecule has 1 saturated heterocycles. The fraction of sp³-hybridized carbons (Fsp3) is 0.500. The molecule has 1 heterocycles. The van der Waals surface area contributed by atoms with Crippen molar-refractivity contribution in [1.82, 2.24) is 11.5 Å². The van der Waals surface area contributed by atoms with E-state index in [1.165, 1.54) is 0 Å². The van der Waals surface area contributed by atoms with E-state index in [9.17, 15) is 14.4 Å². The molecule has 1 fully saturated rings. The van der Waals surface area contributed by atoms with Crippen LogP contribution in [0.15, 0.2) is 0 Å². The zero-order valence-corrected chi connectivity index (χ0v) is 7.08. The highest BCUT2D eigenvalue weighted by atomic mass is 16.4. The maximum absolute atomic E-state index is 10.1. The summed E-state index contributed by atoms with van der Waals surface area (Å²) in [6.45, 7) is -0.278. The Bertz CT molecular complexity index is 190. The molecule has 0 atom stereocenters. The fourth-order valence-corrected chi connectivity index (χ4v) is 0.508. The first-order chi connectivity index (χ1) is 5.56. The predicted octanol–water partition coefficient (Wildman–Crippen LogP) is -1.39. The molecule has 0 saturated carbocycles. The standard InChI is InChI=1S/C4H5NO2.C2H5NO2.H3N/c6-3-1-2-4(7)5-3;3-1-2(4)5;/h1-2H2,(H,5,6,7);1,3H2,(H,4,5);1H3. The van der Waals surface area contributed by atoms with Crippen LogP contribution in [0, 0.1) is 0 Å². The van der Waals surface area contributed by atoms with E-state index in [1.54, 1.807) is 0 Å². The van der Waals surface area contributed by atoms with Gasteiger partial charge in [0.25, 0.3) is 0 Å². The van der Waals surface area contributed by atoms with Gasteiger partial charge in [0.15, 0.2) is 0 Å². The number of nitrogens with two attached hydrogens (primary N) is 1. The van der Waals surface area contributed by atoms with E-state index in [0.29, 0.717) is 12.8 Å². The van der Waals surface area contributed by atoms with Crippen molar-refractivity contribution in [2.24, 2.45) is 5.73 Å². The number of carboxylic acid groups (broad SMARTS) is 1. The van der Waals surface area contributed by atoms with Gasteiger partial charge in [-0.15, -0.1) is 0 Å². The molecular weight excluding hydrogens is 178 g/mol. The van der Waals surface area contributed by atoms with Gasteiger partial charge in [0, 0.05) is 12.8 Å². The Morgan fingerprint density at radius 2 is 1.69 bits per heavy atom. The molecule has 0 aromatic rings. The number of aliphatic carboxylic acids is 1. The summed E-state index contributed by atoms with van der Waals surface area (Å²) in [6, 6.07) is 0. The Hall–Kier alpha value is -1.47. The van der Waals surface area contributed by atoms with Crippen molar-refractivity contribution in [3.8, 4) is 0 Å². The lowest BCUT2D eigenvalue weighted by Crippen LogP contribution is -2.18. The van der Waals surface area contributed by atoms with E-state index < -0.39 is 5.97 Å². The lowest BCUT2D eigenvalue weighted by atomic mass is 10.4. The molecule has 0 unspecified atom stereocenters. The molecule has 1 rings (SSSR count). The average Bonchev–Trinajstić information content (AvgIpc) is 2.36. The van der Waals surface area contributed by atoms with E-state index >= 15 is 0 Å². The smallest absolute Gasteiger partial charge is 0.317 e. The number of carbonyl (C=O) groups excluding carboxylic acids is 2. The van der Waals surface area contributed by atoms with Gasteiger partial charge in [-0.1, -0.05) is 0 Å². The first kappa shape index (κ1) is 14.1. The quantitative estimate of drug-likeness (QED) is 0.375. The van der Waals surface area contributed by atoms with Crippen LogP contribution in [0.3, 0.4) is 0 Å². The monoisotopic (exact) mass is 191 g/mol. The molecule has 7 N–H and O–H groups in total. The van der Waals surface area contributed by atoms with Gasteiger partial charge >= 0.3 is 5.97 Å². The van der Waals surface area contributed by atoms with Crippen LogP contribution < -0.4 is 17.2 Å². The molecule has 1 aliphatic heterocycles. The first-order valence-corrected chi connectivity index (χ1v) is 3.30. The zero-order chi connectivity index (χ0) is 9.56. The second-order valence-corrected chi connectivity index (χ2v) is 2.07. The molecule has 13 heavy (non-hydrogen) atoms. The van der Waals surface area contributed by atoms with E-state index in [0.717, 1.165) is 0 Å². The predicted molar refractivity (Wildman–Crippen MR) is 44.1 cm³/mol. The third-order valence-electron chi connectivity index (χ3n) is 1.03. The minimum atomic E-state index is -0.968. The van der Waals surface area contributed by atoms with Crippen molar-refractivity contribution in [3.63, 3.8) is 0 Å². The maximum Gasteiger partial charge on any atom is 0.317 e. The summed E-state index contributed by atoms with van der Waals surface area (Å²) < 4.78 is 0. The van der Waals surface area contributed by atoms with Crippen LogP contribution in [0.4, 0.5) is 0 Å². The van der Waals surface area contributed by atoms with E-state index in [4.69, 9.17) is 5.11 Å². The summed E-state index contributed by atoms with van der Waals surface area (Å²) in [7, 11) is 0. The van der Waals surface area contributed by atoms with Gasteiger partial charge in [-0.3, -0.25) is 19.7 Å². The third-order valence-corrected chi connectivity index (χ3v) is 1.03. The highest BCUT2D eigenvalue weighted by molar-refractivity contribution is 6.01. The normalized spacial score (nSPS) is 13.6. The van der Waals surface area contributed by atoms with Gasteiger partial charge < -0.3 is 17.0 Å². The van der Waals surface area contributed by atoms with Crippen LogP contribution >= 0.6 is 0 Å². The molecule has 0 radical (unpaired) electrons. The van der Waals surface area contributed by atoms with Crippen LogP contribution in [0.2, 0.25) is 0 Å². The number of amides is 2. The number of carbonyl (C=O) groups is 3. The number of carboxylic acids is 1. The van der Waals surface area contributed by atoms with Crippen LogP contribution in [0.25, 0.3) is 0 Å². The maximum atomic E-state index is 10.1. The minimum absolute atomic E-state index is 0. The third kappa shape index (κ3) is 8.44. The lowest BCUT2D eigenvalue weighted by molar-refractivity contribution is -0.135. The van der Waals surface area contributed by atoms with E-state index in [1.807, 2.05) is 0 Å². The summed E-state index contributed by atoms with van der Waals surface area (Å²) in [6.07, 6.45) is 0.748. The Kier molecular flexibility index (Phi) is 7.79. The number of hydrogen-bond acceptors (Lipinski definition) is 5. The molecule has 0 bridgehead atoms. The molecular formula is C6H13N3O4. The van der Waals surface area contributed by atoms with Crippen molar-refractivity contribution in [2.75, 3.05) is 6.54 Å². The zero-order valence-electron chi connectivity index (χ0n) is 7.08. The van der Waals surface area contributed by atoms with Crippen LogP contribution in [0.1, 0.15) is 12.8 Å². The van der Waals surface area contributed by atoms with Crippen molar-refractivity contribution < 1.29 is 19.5 Å². The first-order valence-electron chi connectivity index (χ1n) is 3.30. The summed E-state index contributed by atoms with van der Waals surface area (Å²) >= 11 is 0. The number of rotatable bonds is 1. The van der Waals surface area contributed by atoms with Gasteiger partial charge in [-0.05, 0) is 0 Å². The summed E-state index contributed by atoms with van der Waals surface area (Å²) in [5.74, 6) is -1.26. The van der Waals surface area contributed by atoms with Crippen LogP contribution in [0.5, 0.6) is 0 Å². The lowest BCUT2D eigenvalue weighted by Gasteiger charge is -1.79. The Labute approximate surface area is 74.9 Å². The molecule has 0 aromatic heterocycles. The highest BCUT2D eigenvalue weighted by Gasteiger charge is 2.15. The molecule has 76 valence electrons. The molecule has 0 aliphatic carbocycles. The minimum Gasteiger partial charge on any atom is -0.480 e. The van der Waals surface area contributed by atoms with Gasteiger partial charge in [0.05, 0.1) is 6.54 Å². The molecule has 7 nitrogen and oxygen atoms in total. The number of nitrogens with one attached hydrogen (secondary N) is 1. The second kappa shape index (κ2) is 7.19. The van der Waals surface area contributed by atoms with Crippen LogP contribution in [-0.4, -0.2) is 29.4 Å². The van der Waals surface area contributed by atoms with Crippen molar-refractivity contribution in [2.45, 2.75) is 12.8 Å². The van der Waals surface area contributed by atoms with E-state index in [2.05, 4.69) is 11.1 Å². The van der Waals surface area contributed by atoms with Crippen molar-refractivity contribution in [3.05, 3.63) is 0 Å². The largest absolute Gasteiger partial charge is 0.480 e. The molecule has 1 aliphatic rings. The van der Waals surface area contributed by atoms with Gasteiger partial charge in [-0.25, -0.2) is 0 Å². The van der Waals surface area contributed by atoms with Gasteiger partial charge in [0.2, 0.25) is 11.8 Å². The summed E-state index contributed by atoms with van der Waals surface area (Å²) in [4.78, 5) is 29.5. The SMILES string of the molecule is N.NCC(=O)O.O=C1CCC(=O)N1. The molecule has 0 spiro atoms. The topological polar surface area (TPSA) is 144 Å². The van der Waals surface area contributed by atoms with Crippen molar-refractivity contribution in [1.29, 1.82) is 0 Å². The Morgan fingerprint density at radius 1 is 1.38 bits per heavy atom. The number of hydrogen-bond donors (Lipinski definition) is 4. The van der Waals surface area contributed by atoms with Crippen LogP contribution in [-0.2, 0) is 14.4 Å². The Balaban J connectivity index is 0. The second-order valence-electron chi connectivity index (χ2n) is 2.07. The highest BCUT2D eigenvalue weighted by Crippen LogP contribution is 1.95. The Morgan fingerprint density at radius 3 is 1.77 bits per heavy atom. The van der Waals surface area contributed by atoms with Crippen molar-refractivity contribution >= 4 is 17.8 Å². The average molecular weight is 191 g/mol. The van der Waals surface area contributed by atoms with Gasteiger partial charge in [-0.2, -0.15) is 0 Å².